The number of carbonyl (C=O) groups is 2. The Morgan fingerprint density at radius 1 is 0.976 bits per heavy atom. The van der Waals surface area contributed by atoms with Crippen LogP contribution < -0.4 is 15.4 Å². The van der Waals surface area contributed by atoms with Crippen LogP contribution in [0.15, 0.2) is 54.6 Å². The second-order valence-electron chi connectivity index (χ2n) is 10.9. The summed E-state index contributed by atoms with van der Waals surface area (Å²) in [5.41, 5.74) is 1.67. The first-order valence-corrected chi connectivity index (χ1v) is 14.7. The molecule has 2 aliphatic rings. The monoisotopic (exact) mass is 591 g/mol. The van der Waals surface area contributed by atoms with Crippen molar-refractivity contribution in [3.05, 3.63) is 60.2 Å². The summed E-state index contributed by atoms with van der Waals surface area (Å²) in [6.07, 6.45) is 0.939. The van der Waals surface area contributed by atoms with Crippen molar-refractivity contribution in [1.29, 1.82) is 0 Å². The number of aryl methyl sites for hydroxylation is 1. The summed E-state index contributed by atoms with van der Waals surface area (Å²) in [6.45, 7) is 2.17. The normalized spacial score (nSPS) is 17.6. The summed E-state index contributed by atoms with van der Waals surface area (Å²) in [7, 11) is 0. The van der Waals surface area contributed by atoms with Crippen LogP contribution in [0.2, 0.25) is 0 Å². The molecular weight excluding hydrogens is 551 g/mol. The molecule has 0 aromatic heterocycles. The van der Waals surface area contributed by atoms with Crippen LogP contribution in [0.25, 0.3) is 0 Å². The van der Waals surface area contributed by atoms with Gasteiger partial charge in [0.25, 0.3) is 5.91 Å². The molecule has 1 unspecified atom stereocenters. The number of alkyl carbamates (subject to hydrolysis) is 1. The topological polar surface area (TPSA) is 89.1 Å². The molecule has 8 nitrogen and oxygen atoms in total. The number of anilines is 1. The number of ether oxygens (including phenoxy) is 3. The Hall–Kier alpha value is -3.47. The minimum atomic E-state index is -4.76. The molecule has 1 saturated carbocycles. The number of carbonyl (C=O) groups excluding carboxylic acids is 2. The van der Waals surface area contributed by atoms with E-state index in [0.717, 1.165) is 31.2 Å². The number of nitrogens with zero attached hydrogens (tertiary/aromatic N) is 1. The number of halogens is 3. The zero-order valence-electron chi connectivity index (χ0n) is 23.7. The number of benzene rings is 2. The molecule has 1 aliphatic heterocycles. The Labute approximate surface area is 244 Å². The second-order valence-corrected chi connectivity index (χ2v) is 10.9. The van der Waals surface area contributed by atoms with Crippen molar-refractivity contribution in [1.82, 2.24) is 10.2 Å². The molecule has 2 aromatic rings. The number of hydrogen-bond donors (Lipinski definition) is 2. The summed E-state index contributed by atoms with van der Waals surface area (Å²) in [5.74, 6) is -0.162. The first kappa shape index (κ1) is 31.5. The van der Waals surface area contributed by atoms with E-state index in [9.17, 15) is 22.8 Å². The quantitative estimate of drug-likeness (QED) is 0.319. The summed E-state index contributed by atoms with van der Waals surface area (Å²) >= 11 is 0. The molecule has 4 rings (SSSR count). The number of alkyl halides is 3. The third kappa shape index (κ3) is 10.7. The predicted octanol–water partition coefficient (Wildman–Crippen LogP) is 5.92. The zero-order chi connectivity index (χ0) is 29.8. The van der Waals surface area contributed by atoms with Crippen molar-refractivity contribution in [2.24, 2.45) is 5.92 Å². The summed E-state index contributed by atoms with van der Waals surface area (Å²) < 4.78 is 52.7. The third-order valence-corrected chi connectivity index (χ3v) is 7.71. The standard InChI is InChI=1S/C31H40F3N3O5/c32-31(33,34)42-27-15-13-25(14-16-27)35-22-26(12-11-23-7-3-1-4-8-23)36-30(39)41-28(21-24-9-5-2-6-10-24)29(38)37-17-19-40-20-18-37/h1,3-4,7-8,13-16,24,26,28,35H,2,5-6,9-12,17-22H2,(H,36,39)/t26-,28?/m0/s1. The summed E-state index contributed by atoms with van der Waals surface area (Å²) in [4.78, 5) is 28.3. The first-order chi connectivity index (χ1) is 20.2. The van der Waals surface area contributed by atoms with Crippen molar-refractivity contribution in [3.8, 4) is 5.75 Å². The highest BCUT2D eigenvalue weighted by Gasteiger charge is 2.33. The first-order valence-electron chi connectivity index (χ1n) is 14.7. The molecule has 230 valence electrons. The van der Waals surface area contributed by atoms with Gasteiger partial charge in [-0.2, -0.15) is 0 Å². The van der Waals surface area contributed by atoms with Crippen molar-refractivity contribution in [2.45, 2.75) is 69.9 Å². The lowest BCUT2D eigenvalue weighted by atomic mass is 9.85. The highest BCUT2D eigenvalue weighted by atomic mass is 19.4. The molecule has 0 bridgehead atoms. The maximum Gasteiger partial charge on any atom is 0.573 e. The molecule has 2 aromatic carbocycles. The van der Waals surface area contributed by atoms with Gasteiger partial charge in [-0.1, -0.05) is 62.4 Å². The highest BCUT2D eigenvalue weighted by Crippen LogP contribution is 2.29. The number of hydrogen-bond acceptors (Lipinski definition) is 6. The molecule has 11 heteroatoms. The van der Waals surface area contributed by atoms with Gasteiger partial charge in [0.1, 0.15) is 5.75 Å². The number of morpholine rings is 1. The van der Waals surface area contributed by atoms with E-state index in [4.69, 9.17) is 9.47 Å². The van der Waals surface area contributed by atoms with E-state index < -0.39 is 18.6 Å². The van der Waals surface area contributed by atoms with Crippen LogP contribution in [0, 0.1) is 5.92 Å². The molecule has 1 saturated heterocycles. The third-order valence-electron chi connectivity index (χ3n) is 7.71. The van der Waals surface area contributed by atoms with Gasteiger partial charge in [-0.15, -0.1) is 13.2 Å². The van der Waals surface area contributed by atoms with Crippen LogP contribution in [0.5, 0.6) is 5.75 Å². The maximum absolute atomic E-state index is 13.4. The maximum atomic E-state index is 13.4. The average Bonchev–Trinajstić information content (AvgIpc) is 2.99. The van der Waals surface area contributed by atoms with Gasteiger partial charge in [-0.25, -0.2) is 4.79 Å². The van der Waals surface area contributed by atoms with Crippen molar-refractivity contribution >= 4 is 17.7 Å². The van der Waals surface area contributed by atoms with Gasteiger partial charge in [0.2, 0.25) is 0 Å². The molecule has 42 heavy (non-hydrogen) atoms. The van der Waals surface area contributed by atoms with E-state index in [2.05, 4.69) is 15.4 Å². The van der Waals surface area contributed by atoms with Crippen LogP contribution >= 0.6 is 0 Å². The fraction of sp³-hybridized carbons (Fsp3) is 0.548. The minimum Gasteiger partial charge on any atom is -0.436 e. The molecule has 1 aliphatic carbocycles. The van der Waals surface area contributed by atoms with Gasteiger partial charge in [0.15, 0.2) is 6.10 Å². The Bertz CT molecular complexity index is 1110. The molecule has 2 amide bonds. The summed E-state index contributed by atoms with van der Waals surface area (Å²) in [5, 5.41) is 6.11. The van der Waals surface area contributed by atoms with Crippen molar-refractivity contribution in [2.75, 3.05) is 38.2 Å². The van der Waals surface area contributed by atoms with Gasteiger partial charge < -0.3 is 29.7 Å². The Morgan fingerprint density at radius 3 is 2.33 bits per heavy atom. The van der Waals surface area contributed by atoms with E-state index in [-0.39, 0.29) is 17.7 Å². The lowest BCUT2D eigenvalue weighted by Crippen LogP contribution is -2.49. The second kappa shape index (κ2) is 15.7. The molecule has 0 radical (unpaired) electrons. The van der Waals surface area contributed by atoms with E-state index in [1.807, 2.05) is 30.3 Å². The minimum absolute atomic E-state index is 0.181. The smallest absolute Gasteiger partial charge is 0.436 e. The van der Waals surface area contributed by atoms with Gasteiger partial charge in [0, 0.05) is 31.4 Å². The van der Waals surface area contributed by atoms with E-state index in [0.29, 0.717) is 63.7 Å². The Kier molecular flexibility index (Phi) is 11.7. The summed E-state index contributed by atoms with van der Waals surface area (Å²) in [6, 6.07) is 14.9. The van der Waals surface area contributed by atoms with Crippen LogP contribution in [-0.4, -0.2) is 68.3 Å². The molecule has 2 N–H and O–H groups in total. The molecular formula is C31H40F3N3O5. The van der Waals surface area contributed by atoms with Crippen molar-refractivity contribution < 1.29 is 37.0 Å². The molecule has 1 heterocycles. The van der Waals surface area contributed by atoms with Crippen LogP contribution in [-0.2, 0) is 20.7 Å². The molecule has 0 spiro atoms. The Morgan fingerprint density at radius 2 is 1.67 bits per heavy atom. The number of amides is 2. The van der Waals surface area contributed by atoms with E-state index in [1.165, 1.54) is 30.7 Å². The SMILES string of the molecule is O=C(N[C@@H](CCc1ccccc1)CNc1ccc(OC(F)(F)F)cc1)OC(CC1CCCCC1)C(=O)N1CCOCC1. The van der Waals surface area contributed by atoms with Gasteiger partial charge >= 0.3 is 12.5 Å². The fourth-order valence-electron chi connectivity index (χ4n) is 5.47. The van der Waals surface area contributed by atoms with Crippen molar-refractivity contribution in [3.63, 3.8) is 0 Å². The predicted molar refractivity (Wildman–Crippen MR) is 152 cm³/mol. The molecule has 2 fully saturated rings. The lowest BCUT2D eigenvalue weighted by Gasteiger charge is -2.32. The van der Waals surface area contributed by atoms with E-state index >= 15 is 0 Å². The van der Waals surface area contributed by atoms with Crippen LogP contribution in [0.3, 0.4) is 0 Å². The highest BCUT2D eigenvalue weighted by molar-refractivity contribution is 5.83. The average molecular weight is 592 g/mol. The lowest BCUT2D eigenvalue weighted by molar-refractivity contribution is -0.274. The Balaban J connectivity index is 1.39. The largest absolute Gasteiger partial charge is 0.573 e. The van der Waals surface area contributed by atoms with Gasteiger partial charge in [-0.05, 0) is 55.0 Å². The fourth-order valence-corrected chi connectivity index (χ4v) is 5.47. The van der Waals surface area contributed by atoms with Crippen LogP contribution in [0.4, 0.5) is 23.7 Å². The van der Waals surface area contributed by atoms with Gasteiger partial charge in [-0.3, -0.25) is 4.79 Å². The van der Waals surface area contributed by atoms with Gasteiger partial charge in [0.05, 0.1) is 13.2 Å². The van der Waals surface area contributed by atoms with E-state index in [1.54, 1.807) is 4.90 Å². The number of rotatable bonds is 12. The molecule has 2 atom stereocenters. The zero-order valence-corrected chi connectivity index (χ0v) is 23.7. The number of nitrogens with one attached hydrogen (secondary N) is 2. The van der Waals surface area contributed by atoms with Crippen LogP contribution in [0.1, 0.15) is 50.5 Å².